The summed E-state index contributed by atoms with van der Waals surface area (Å²) < 4.78 is 2.38. The maximum Gasteiger partial charge on any atom is 0.0333 e. The van der Waals surface area contributed by atoms with Crippen molar-refractivity contribution in [3.05, 3.63) is 24.5 Å². The molecule has 13 heavy (non-hydrogen) atoms. The molecule has 2 rings (SSSR count). The van der Waals surface area contributed by atoms with Crippen molar-refractivity contribution in [2.45, 2.75) is 39.2 Å². The summed E-state index contributed by atoms with van der Waals surface area (Å²) in [5, 5.41) is 0. The van der Waals surface area contributed by atoms with Crippen LogP contribution < -0.4 is 0 Å². The zero-order valence-corrected chi connectivity index (χ0v) is 8.61. The monoisotopic (exact) mass is 177 g/mol. The van der Waals surface area contributed by atoms with Gasteiger partial charge in [0.15, 0.2) is 0 Å². The Balaban J connectivity index is 2.03. The minimum Gasteiger partial charge on any atom is -0.351 e. The van der Waals surface area contributed by atoms with Crippen LogP contribution in [0.1, 0.15) is 39.2 Å². The average Bonchev–Trinajstić information content (AvgIpc) is 2.62. The van der Waals surface area contributed by atoms with Crippen LogP contribution in [0.4, 0.5) is 0 Å². The molecule has 0 spiro atoms. The number of hydrogen-bond donors (Lipinski definition) is 0. The Kier molecular flexibility index (Phi) is 2.43. The molecule has 1 nitrogen and oxygen atoms in total. The van der Waals surface area contributed by atoms with Crippen molar-refractivity contribution in [2.24, 2.45) is 11.8 Å². The largest absolute Gasteiger partial charge is 0.351 e. The molecule has 1 heteroatoms. The molecule has 3 atom stereocenters. The smallest absolute Gasteiger partial charge is 0.0333 e. The van der Waals surface area contributed by atoms with Gasteiger partial charge in [-0.05, 0) is 43.2 Å². The van der Waals surface area contributed by atoms with Gasteiger partial charge >= 0.3 is 0 Å². The van der Waals surface area contributed by atoms with Gasteiger partial charge in [0.25, 0.3) is 0 Å². The Morgan fingerprint density at radius 3 is 2.31 bits per heavy atom. The second-order valence-corrected chi connectivity index (χ2v) is 4.55. The lowest BCUT2D eigenvalue weighted by molar-refractivity contribution is 0.211. The molecule has 1 aromatic heterocycles. The zero-order valence-electron chi connectivity index (χ0n) is 8.61. The van der Waals surface area contributed by atoms with Crippen molar-refractivity contribution in [2.75, 3.05) is 0 Å². The normalized spacial score (nSPS) is 34.8. The SMILES string of the molecule is CC1CCC(n2cccc2)CC1C. The zero-order chi connectivity index (χ0) is 9.26. The Bertz CT molecular complexity index is 250. The van der Waals surface area contributed by atoms with E-state index < -0.39 is 0 Å². The van der Waals surface area contributed by atoms with E-state index in [9.17, 15) is 0 Å². The number of nitrogens with zero attached hydrogens (tertiary/aromatic N) is 1. The van der Waals surface area contributed by atoms with E-state index in [2.05, 4.69) is 42.9 Å². The molecule has 1 fully saturated rings. The minimum atomic E-state index is 0.765. The fourth-order valence-electron chi connectivity index (χ4n) is 2.38. The fraction of sp³-hybridized carbons (Fsp3) is 0.667. The summed E-state index contributed by atoms with van der Waals surface area (Å²) in [4.78, 5) is 0. The highest BCUT2D eigenvalue weighted by molar-refractivity contribution is 4.94. The average molecular weight is 177 g/mol. The molecule has 0 saturated heterocycles. The Labute approximate surface area is 80.8 Å². The minimum absolute atomic E-state index is 0.765. The van der Waals surface area contributed by atoms with Crippen molar-refractivity contribution in [1.29, 1.82) is 0 Å². The summed E-state index contributed by atoms with van der Waals surface area (Å²) in [6.07, 6.45) is 8.51. The van der Waals surface area contributed by atoms with Crippen LogP contribution >= 0.6 is 0 Å². The molecule has 1 aliphatic carbocycles. The summed E-state index contributed by atoms with van der Waals surface area (Å²) in [5.74, 6) is 1.81. The second kappa shape index (κ2) is 3.57. The summed E-state index contributed by atoms with van der Waals surface area (Å²) in [7, 11) is 0. The van der Waals surface area contributed by atoms with Gasteiger partial charge in [-0.3, -0.25) is 0 Å². The molecule has 0 aromatic carbocycles. The molecule has 0 radical (unpaired) electrons. The predicted molar refractivity (Wildman–Crippen MR) is 55.6 cm³/mol. The first-order valence-electron chi connectivity index (χ1n) is 5.40. The van der Waals surface area contributed by atoms with Crippen molar-refractivity contribution >= 4 is 0 Å². The Morgan fingerprint density at radius 1 is 1.00 bits per heavy atom. The summed E-state index contributed by atoms with van der Waals surface area (Å²) >= 11 is 0. The van der Waals surface area contributed by atoms with Gasteiger partial charge in [-0.2, -0.15) is 0 Å². The van der Waals surface area contributed by atoms with Crippen LogP contribution in [0.2, 0.25) is 0 Å². The first-order chi connectivity index (χ1) is 6.27. The van der Waals surface area contributed by atoms with Gasteiger partial charge in [0, 0.05) is 18.4 Å². The standard InChI is InChI=1S/C12H19N/c1-10-5-6-12(9-11(10)2)13-7-3-4-8-13/h3-4,7-8,10-12H,5-6,9H2,1-2H3. The van der Waals surface area contributed by atoms with Crippen molar-refractivity contribution in [1.82, 2.24) is 4.57 Å². The molecule has 72 valence electrons. The van der Waals surface area contributed by atoms with E-state index in [0.29, 0.717) is 0 Å². The van der Waals surface area contributed by atoms with Gasteiger partial charge in [0.1, 0.15) is 0 Å². The second-order valence-electron chi connectivity index (χ2n) is 4.55. The summed E-state index contributed by atoms with van der Waals surface area (Å²) in [6, 6.07) is 5.02. The van der Waals surface area contributed by atoms with Gasteiger partial charge in [0.2, 0.25) is 0 Å². The van der Waals surface area contributed by atoms with Crippen molar-refractivity contribution in [3.63, 3.8) is 0 Å². The fourth-order valence-corrected chi connectivity index (χ4v) is 2.38. The molecule has 0 N–H and O–H groups in total. The topological polar surface area (TPSA) is 4.93 Å². The third kappa shape index (κ3) is 1.79. The van der Waals surface area contributed by atoms with Gasteiger partial charge in [-0.1, -0.05) is 13.8 Å². The third-order valence-corrected chi connectivity index (χ3v) is 3.62. The summed E-state index contributed by atoms with van der Waals surface area (Å²) in [5.41, 5.74) is 0. The molecular weight excluding hydrogens is 158 g/mol. The van der Waals surface area contributed by atoms with E-state index in [0.717, 1.165) is 17.9 Å². The van der Waals surface area contributed by atoms with Crippen LogP contribution in [0.3, 0.4) is 0 Å². The van der Waals surface area contributed by atoms with Crippen LogP contribution in [-0.2, 0) is 0 Å². The van der Waals surface area contributed by atoms with Gasteiger partial charge in [-0.25, -0.2) is 0 Å². The highest BCUT2D eigenvalue weighted by Crippen LogP contribution is 2.35. The lowest BCUT2D eigenvalue weighted by Crippen LogP contribution is -2.22. The van der Waals surface area contributed by atoms with Crippen LogP contribution in [0, 0.1) is 11.8 Å². The maximum absolute atomic E-state index is 2.39. The molecule has 1 saturated carbocycles. The molecule has 0 amide bonds. The van der Waals surface area contributed by atoms with E-state index in [1.807, 2.05) is 0 Å². The lowest BCUT2D eigenvalue weighted by atomic mass is 9.79. The molecule has 3 unspecified atom stereocenters. The third-order valence-electron chi connectivity index (χ3n) is 3.62. The van der Waals surface area contributed by atoms with Gasteiger partial charge in [0.05, 0.1) is 0 Å². The molecule has 0 bridgehead atoms. The van der Waals surface area contributed by atoms with E-state index >= 15 is 0 Å². The Hall–Kier alpha value is -0.720. The highest BCUT2D eigenvalue weighted by Gasteiger charge is 2.24. The predicted octanol–water partition coefficient (Wildman–Crippen LogP) is 3.49. The van der Waals surface area contributed by atoms with E-state index in [-0.39, 0.29) is 0 Å². The molecular formula is C12H19N. The van der Waals surface area contributed by atoms with Crippen LogP contribution in [0.25, 0.3) is 0 Å². The lowest BCUT2D eigenvalue weighted by Gasteiger charge is -2.32. The Morgan fingerprint density at radius 2 is 1.69 bits per heavy atom. The number of aromatic nitrogens is 1. The first kappa shape index (κ1) is 8.86. The molecule has 0 aliphatic heterocycles. The van der Waals surface area contributed by atoms with E-state index in [1.165, 1.54) is 19.3 Å². The van der Waals surface area contributed by atoms with E-state index in [1.54, 1.807) is 0 Å². The van der Waals surface area contributed by atoms with Crippen molar-refractivity contribution in [3.8, 4) is 0 Å². The van der Waals surface area contributed by atoms with Gasteiger partial charge in [-0.15, -0.1) is 0 Å². The molecule has 1 aromatic rings. The van der Waals surface area contributed by atoms with Crippen LogP contribution in [0.5, 0.6) is 0 Å². The first-order valence-corrected chi connectivity index (χ1v) is 5.40. The van der Waals surface area contributed by atoms with Gasteiger partial charge < -0.3 is 4.57 Å². The number of hydrogen-bond acceptors (Lipinski definition) is 0. The van der Waals surface area contributed by atoms with E-state index in [4.69, 9.17) is 0 Å². The highest BCUT2D eigenvalue weighted by atomic mass is 15.0. The quantitative estimate of drug-likeness (QED) is 0.619. The maximum atomic E-state index is 2.39. The summed E-state index contributed by atoms with van der Waals surface area (Å²) in [6.45, 7) is 4.77. The molecule has 1 aliphatic rings. The van der Waals surface area contributed by atoms with Crippen molar-refractivity contribution < 1.29 is 0 Å². The van der Waals surface area contributed by atoms with Crippen LogP contribution in [-0.4, -0.2) is 4.57 Å². The number of rotatable bonds is 1. The van der Waals surface area contributed by atoms with Crippen LogP contribution in [0.15, 0.2) is 24.5 Å². The molecule has 1 heterocycles.